The Balaban J connectivity index is 2.42. The van der Waals surface area contributed by atoms with Gasteiger partial charge in [0.1, 0.15) is 0 Å². The monoisotopic (exact) mass is 196 g/mol. The van der Waals surface area contributed by atoms with Crippen molar-refractivity contribution in [2.45, 2.75) is 32.4 Å². The van der Waals surface area contributed by atoms with Gasteiger partial charge in [-0.15, -0.1) is 0 Å². The van der Waals surface area contributed by atoms with Crippen LogP contribution in [0.1, 0.15) is 18.9 Å². The molecule has 1 atom stereocenters. The first-order chi connectivity index (χ1) is 6.76. The maximum Gasteiger partial charge on any atom is 0.0641 e. The predicted octanol–water partition coefficient (Wildman–Crippen LogP) is 1.41. The van der Waals surface area contributed by atoms with E-state index in [1.807, 2.05) is 0 Å². The summed E-state index contributed by atoms with van der Waals surface area (Å²) in [7, 11) is 1.72. The molecule has 0 saturated carbocycles. The molecule has 1 heterocycles. The van der Waals surface area contributed by atoms with Gasteiger partial charge in [0, 0.05) is 32.1 Å². The van der Waals surface area contributed by atoms with Crippen LogP contribution in [0.4, 0.5) is 0 Å². The molecule has 14 heavy (non-hydrogen) atoms. The minimum absolute atomic E-state index is 0.285. The summed E-state index contributed by atoms with van der Waals surface area (Å²) in [6.45, 7) is 3.79. The molecular weight excluding hydrogens is 176 g/mol. The van der Waals surface area contributed by atoms with Crippen molar-refractivity contribution in [1.29, 1.82) is 0 Å². The van der Waals surface area contributed by atoms with Crippen LogP contribution < -0.4 is 5.73 Å². The van der Waals surface area contributed by atoms with Crippen LogP contribution >= 0.6 is 0 Å². The zero-order valence-corrected chi connectivity index (χ0v) is 9.07. The van der Waals surface area contributed by atoms with Crippen LogP contribution in [0, 0.1) is 0 Å². The zero-order valence-electron chi connectivity index (χ0n) is 9.07. The molecule has 3 heteroatoms. The lowest BCUT2D eigenvalue weighted by Gasteiger charge is -2.06. The highest BCUT2D eigenvalue weighted by Crippen LogP contribution is 2.05. The number of nitrogens with zero attached hydrogens (tertiary/aromatic N) is 1. The molecule has 1 aromatic rings. The van der Waals surface area contributed by atoms with Gasteiger partial charge in [-0.1, -0.05) is 6.92 Å². The van der Waals surface area contributed by atoms with Crippen molar-refractivity contribution in [2.24, 2.45) is 5.73 Å². The van der Waals surface area contributed by atoms with Crippen LogP contribution in [0.5, 0.6) is 0 Å². The number of hydrogen-bond acceptors (Lipinski definition) is 2. The van der Waals surface area contributed by atoms with Gasteiger partial charge in [-0.05, 0) is 24.5 Å². The van der Waals surface area contributed by atoms with Crippen molar-refractivity contribution in [3.63, 3.8) is 0 Å². The second kappa shape index (κ2) is 5.83. The van der Waals surface area contributed by atoms with Gasteiger partial charge in [0.15, 0.2) is 0 Å². The summed E-state index contributed by atoms with van der Waals surface area (Å²) in [4.78, 5) is 0. The summed E-state index contributed by atoms with van der Waals surface area (Å²) in [6.07, 6.45) is 6.23. The fourth-order valence-electron chi connectivity index (χ4n) is 1.39. The highest BCUT2D eigenvalue weighted by Gasteiger charge is 2.02. The van der Waals surface area contributed by atoms with E-state index in [2.05, 4.69) is 30.0 Å². The highest BCUT2D eigenvalue weighted by molar-refractivity contribution is 5.11. The van der Waals surface area contributed by atoms with Gasteiger partial charge in [0.05, 0.1) is 6.61 Å². The molecule has 0 amide bonds. The molecule has 2 N–H and O–H groups in total. The lowest BCUT2D eigenvalue weighted by Crippen LogP contribution is -2.21. The van der Waals surface area contributed by atoms with E-state index in [0.717, 1.165) is 26.0 Å². The summed E-state index contributed by atoms with van der Waals surface area (Å²) >= 11 is 0. The number of ether oxygens (including phenoxy) is 1. The van der Waals surface area contributed by atoms with Crippen molar-refractivity contribution in [1.82, 2.24) is 4.57 Å². The first-order valence-corrected chi connectivity index (χ1v) is 5.15. The Hall–Kier alpha value is -0.800. The smallest absolute Gasteiger partial charge is 0.0641 e. The second-order valence-corrected chi connectivity index (χ2v) is 3.62. The molecular formula is C11H20N2O. The summed E-state index contributed by atoms with van der Waals surface area (Å²) < 4.78 is 7.15. The van der Waals surface area contributed by atoms with E-state index in [1.165, 1.54) is 5.56 Å². The van der Waals surface area contributed by atoms with Gasteiger partial charge in [-0.2, -0.15) is 0 Å². The zero-order chi connectivity index (χ0) is 10.4. The van der Waals surface area contributed by atoms with Crippen molar-refractivity contribution in [2.75, 3.05) is 13.7 Å². The standard InChI is InChI=1S/C11H20N2O/c1-3-11(12)8-10-4-5-13(9-10)6-7-14-2/h4-5,9,11H,3,6-8,12H2,1-2H3. The van der Waals surface area contributed by atoms with E-state index >= 15 is 0 Å². The van der Waals surface area contributed by atoms with Gasteiger partial charge < -0.3 is 15.0 Å². The van der Waals surface area contributed by atoms with Crippen LogP contribution in [0.15, 0.2) is 18.5 Å². The van der Waals surface area contributed by atoms with Gasteiger partial charge in [-0.25, -0.2) is 0 Å². The molecule has 0 aromatic carbocycles. The van der Waals surface area contributed by atoms with Crippen molar-refractivity contribution in [3.05, 3.63) is 24.0 Å². The van der Waals surface area contributed by atoms with E-state index in [1.54, 1.807) is 7.11 Å². The molecule has 1 aromatic heterocycles. The van der Waals surface area contributed by atoms with Crippen LogP contribution in [-0.4, -0.2) is 24.3 Å². The Morgan fingerprint density at radius 2 is 2.36 bits per heavy atom. The summed E-state index contributed by atoms with van der Waals surface area (Å²) in [5.41, 5.74) is 7.20. The van der Waals surface area contributed by atoms with Crippen LogP contribution in [-0.2, 0) is 17.7 Å². The molecule has 0 fully saturated rings. The predicted molar refractivity (Wildman–Crippen MR) is 58.3 cm³/mol. The Kier molecular flexibility index (Phi) is 4.70. The lowest BCUT2D eigenvalue weighted by atomic mass is 10.1. The van der Waals surface area contributed by atoms with E-state index in [0.29, 0.717) is 0 Å². The SMILES string of the molecule is CCC(N)Cc1ccn(CCOC)c1. The normalized spacial score (nSPS) is 13.1. The first kappa shape index (κ1) is 11.3. The molecule has 0 aliphatic carbocycles. The van der Waals surface area contributed by atoms with Gasteiger partial charge in [-0.3, -0.25) is 0 Å². The third-order valence-corrected chi connectivity index (χ3v) is 2.39. The quantitative estimate of drug-likeness (QED) is 0.747. The lowest BCUT2D eigenvalue weighted by molar-refractivity contribution is 0.187. The van der Waals surface area contributed by atoms with Crippen LogP contribution in [0.3, 0.4) is 0 Å². The topological polar surface area (TPSA) is 40.2 Å². The Morgan fingerprint density at radius 1 is 1.57 bits per heavy atom. The maximum atomic E-state index is 5.88. The Labute approximate surface area is 85.9 Å². The van der Waals surface area contributed by atoms with Crippen LogP contribution in [0.25, 0.3) is 0 Å². The molecule has 0 spiro atoms. The van der Waals surface area contributed by atoms with Crippen LogP contribution in [0.2, 0.25) is 0 Å². The minimum atomic E-state index is 0.285. The third-order valence-electron chi connectivity index (χ3n) is 2.39. The number of methoxy groups -OCH3 is 1. The molecule has 80 valence electrons. The average molecular weight is 196 g/mol. The minimum Gasteiger partial charge on any atom is -0.383 e. The van der Waals surface area contributed by atoms with Crippen molar-refractivity contribution < 1.29 is 4.74 Å². The molecule has 3 nitrogen and oxygen atoms in total. The van der Waals surface area contributed by atoms with Gasteiger partial charge in [0.2, 0.25) is 0 Å². The number of aromatic nitrogens is 1. The molecule has 1 unspecified atom stereocenters. The summed E-state index contributed by atoms with van der Waals surface area (Å²) in [5, 5.41) is 0. The van der Waals surface area contributed by atoms with E-state index in [-0.39, 0.29) is 6.04 Å². The van der Waals surface area contributed by atoms with E-state index in [4.69, 9.17) is 10.5 Å². The average Bonchev–Trinajstić information content (AvgIpc) is 2.62. The van der Waals surface area contributed by atoms with Gasteiger partial charge >= 0.3 is 0 Å². The second-order valence-electron chi connectivity index (χ2n) is 3.62. The highest BCUT2D eigenvalue weighted by atomic mass is 16.5. The Bertz CT molecular complexity index is 258. The molecule has 0 aliphatic heterocycles. The summed E-state index contributed by atoms with van der Waals surface area (Å²) in [5.74, 6) is 0. The van der Waals surface area contributed by atoms with Gasteiger partial charge in [0.25, 0.3) is 0 Å². The van der Waals surface area contributed by atoms with Crippen molar-refractivity contribution in [3.8, 4) is 0 Å². The summed E-state index contributed by atoms with van der Waals surface area (Å²) in [6, 6.07) is 2.42. The number of rotatable bonds is 6. The molecule has 1 rings (SSSR count). The third kappa shape index (κ3) is 3.52. The molecule has 0 radical (unpaired) electrons. The molecule has 0 bridgehead atoms. The number of hydrogen-bond donors (Lipinski definition) is 1. The van der Waals surface area contributed by atoms with Crippen molar-refractivity contribution >= 4 is 0 Å². The molecule has 0 saturated heterocycles. The first-order valence-electron chi connectivity index (χ1n) is 5.15. The Morgan fingerprint density at radius 3 is 3.00 bits per heavy atom. The maximum absolute atomic E-state index is 5.88. The fourth-order valence-corrected chi connectivity index (χ4v) is 1.39. The number of nitrogens with two attached hydrogens (primary N) is 1. The largest absolute Gasteiger partial charge is 0.383 e. The van der Waals surface area contributed by atoms with E-state index < -0.39 is 0 Å². The fraction of sp³-hybridized carbons (Fsp3) is 0.636. The molecule has 0 aliphatic rings. The van der Waals surface area contributed by atoms with E-state index in [9.17, 15) is 0 Å².